The smallest absolute Gasteiger partial charge is 0.242 e. The second-order valence-corrected chi connectivity index (χ2v) is 7.03. The van der Waals surface area contributed by atoms with Crippen LogP contribution >= 0.6 is 11.6 Å². The molecule has 6 nitrogen and oxygen atoms in total. The van der Waals surface area contributed by atoms with E-state index < -0.39 is 6.04 Å². The zero-order chi connectivity index (χ0) is 18.8. The van der Waals surface area contributed by atoms with Crippen LogP contribution in [0.4, 0.5) is 0 Å². The molecular formula is C20H20ClN5O. The van der Waals surface area contributed by atoms with Crippen LogP contribution in [-0.4, -0.2) is 38.9 Å². The van der Waals surface area contributed by atoms with Crippen molar-refractivity contribution in [3.05, 3.63) is 76.6 Å². The van der Waals surface area contributed by atoms with Gasteiger partial charge in [-0.3, -0.25) is 9.69 Å². The van der Waals surface area contributed by atoms with Gasteiger partial charge in [0.1, 0.15) is 6.04 Å². The minimum Gasteiger partial charge on any atom is -0.353 e. The van der Waals surface area contributed by atoms with E-state index >= 15 is 0 Å². The molecule has 1 fully saturated rings. The molecule has 138 valence electrons. The van der Waals surface area contributed by atoms with E-state index in [1.54, 1.807) is 4.68 Å². The summed E-state index contributed by atoms with van der Waals surface area (Å²) < 4.78 is 1.78. The quantitative estimate of drug-likeness (QED) is 0.754. The van der Waals surface area contributed by atoms with Gasteiger partial charge in [-0.15, -0.1) is 5.10 Å². The summed E-state index contributed by atoms with van der Waals surface area (Å²) in [5.41, 5.74) is 3.74. The van der Waals surface area contributed by atoms with Crippen LogP contribution < -0.4 is 5.32 Å². The Morgan fingerprint density at radius 2 is 1.96 bits per heavy atom. The second kappa shape index (κ2) is 7.50. The number of piperazine rings is 1. The molecule has 1 amide bonds. The summed E-state index contributed by atoms with van der Waals surface area (Å²) in [5, 5.41) is 12.1. The summed E-state index contributed by atoms with van der Waals surface area (Å²) in [7, 11) is 0. The monoisotopic (exact) mass is 381 g/mol. The predicted octanol–water partition coefficient (Wildman–Crippen LogP) is 2.90. The lowest BCUT2D eigenvalue weighted by Gasteiger charge is -2.35. The first-order valence-electron chi connectivity index (χ1n) is 8.87. The van der Waals surface area contributed by atoms with Crippen LogP contribution in [0, 0.1) is 6.92 Å². The topological polar surface area (TPSA) is 63.0 Å². The molecule has 2 aromatic carbocycles. The molecule has 0 radical (unpaired) electrons. The number of aryl methyl sites for hydroxylation is 1. The third-order valence-corrected chi connectivity index (χ3v) is 5.12. The van der Waals surface area contributed by atoms with Crippen molar-refractivity contribution in [3.63, 3.8) is 0 Å². The lowest BCUT2D eigenvalue weighted by molar-refractivity contribution is -0.129. The van der Waals surface area contributed by atoms with Crippen LogP contribution in [0.2, 0.25) is 5.02 Å². The van der Waals surface area contributed by atoms with Gasteiger partial charge in [-0.25, -0.2) is 4.68 Å². The summed E-state index contributed by atoms with van der Waals surface area (Å²) in [6.45, 7) is 3.89. The van der Waals surface area contributed by atoms with E-state index in [2.05, 4.69) is 20.5 Å². The molecule has 27 heavy (non-hydrogen) atoms. The number of aromatic nitrogens is 3. The molecule has 1 unspecified atom stereocenters. The molecule has 1 atom stereocenters. The van der Waals surface area contributed by atoms with Crippen molar-refractivity contribution in [1.82, 2.24) is 25.2 Å². The molecule has 1 saturated heterocycles. The van der Waals surface area contributed by atoms with E-state index in [1.165, 1.54) is 0 Å². The van der Waals surface area contributed by atoms with Crippen LogP contribution in [-0.2, 0) is 11.3 Å². The van der Waals surface area contributed by atoms with E-state index in [0.717, 1.165) is 29.1 Å². The van der Waals surface area contributed by atoms with Gasteiger partial charge < -0.3 is 5.32 Å². The van der Waals surface area contributed by atoms with Gasteiger partial charge in [-0.05, 0) is 30.2 Å². The van der Waals surface area contributed by atoms with Gasteiger partial charge in [-0.2, -0.15) is 0 Å². The Hall–Kier alpha value is -2.70. The number of hydrogen-bond acceptors (Lipinski definition) is 4. The Balaban J connectivity index is 1.60. The number of para-hydroxylation sites is 1. The molecule has 1 N–H and O–H groups in total. The first kappa shape index (κ1) is 17.7. The Bertz CT molecular complexity index is 970. The van der Waals surface area contributed by atoms with Gasteiger partial charge in [-0.1, -0.05) is 53.2 Å². The SMILES string of the molecule is Cc1ccccc1-n1cc(CN2CCNC(=O)C2c2ccccc2Cl)nn1. The van der Waals surface area contributed by atoms with Gasteiger partial charge in [0.15, 0.2) is 0 Å². The highest BCUT2D eigenvalue weighted by molar-refractivity contribution is 6.31. The number of hydrogen-bond donors (Lipinski definition) is 1. The van der Waals surface area contributed by atoms with Gasteiger partial charge >= 0.3 is 0 Å². The number of rotatable bonds is 4. The van der Waals surface area contributed by atoms with Crippen LogP contribution in [0.3, 0.4) is 0 Å². The fraction of sp³-hybridized carbons (Fsp3) is 0.250. The highest BCUT2D eigenvalue weighted by Gasteiger charge is 2.32. The van der Waals surface area contributed by atoms with E-state index in [9.17, 15) is 4.79 Å². The van der Waals surface area contributed by atoms with Crippen LogP contribution in [0.5, 0.6) is 0 Å². The number of carbonyl (C=O) groups is 1. The van der Waals surface area contributed by atoms with Crippen LogP contribution in [0.1, 0.15) is 22.9 Å². The first-order chi connectivity index (χ1) is 13.1. The number of amides is 1. The number of halogens is 1. The molecule has 1 aliphatic heterocycles. The van der Waals surface area contributed by atoms with Crippen molar-refractivity contribution in [3.8, 4) is 5.69 Å². The Morgan fingerprint density at radius 1 is 1.19 bits per heavy atom. The number of nitrogens with zero attached hydrogens (tertiary/aromatic N) is 4. The van der Waals surface area contributed by atoms with Crippen LogP contribution in [0.25, 0.3) is 5.69 Å². The van der Waals surface area contributed by atoms with E-state index in [4.69, 9.17) is 11.6 Å². The van der Waals surface area contributed by atoms with Crippen LogP contribution in [0.15, 0.2) is 54.7 Å². The maximum Gasteiger partial charge on any atom is 0.242 e. The maximum atomic E-state index is 12.6. The summed E-state index contributed by atoms with van der Waals surface area (Å²) in [6, 6.07) is 15.1. The molecule has 1 aliphatic rings. The zero-order valence-corrected chi connectivity index (χ0v) is 15.7. The largest absolute Gasteiger partial charge is 0.353 e. The fourth-order valence-electron chi connectivity index (χ4n) is 3.44. The van der Waals surface area contributed by atoms with Gasteiger partial charge in [0, 0.05) is 24.7 Å². The summed E-state index contributed by atoms with van der Waals surface area (Å²) in [5.74, 6) is -0.0411. The number of benzene rings is 2. The van der Waals surface area contributed by atoms with Gasteiger partial charge in [0.2, 0.25) is 5.91 Å². The molecule has 4 rings (SSSR count). The summed E-state index contributed by atoms with van der Waals surface area (Å²) in [6.07, 6.45) is 1.92. The Kier molecular flexibility index (Phi) is 4.92. The van der Waals surface area contributed by atoms with Crippen molar-refractivity contribution >= 4 is 17.5 Å². The number of nitrogens with one attached hydrogen (secondary N) is 1. The average Bonchev–Trinajstić information content (AvgIpc) is 3.12. The molecule has 0 saturated carbocycles. The predicted molar refractivity (Wildman–Crippen MR) is 104 cm³/mol. The van der Waals surface area contributed by atoms with E-state index in [1.807, 2.05) is 61.7 Å². The standard InChI is InChI=1S/C20H20ClN5O/c1-14-6-2-5-9-18(14)26-13-15(23-24-26)12-25-11-10-22-20(27)19(25)16-7-3-4-8-17(16)21/h2-9,13,19H,10-12H2,1H3,(H,22,27). The molecule has 7 heteroatoms. The van der Waals surface area contributed by atoms with Gasteiger partial charge in [0.05, 0.1) is 17.6 Å². The van der Waals surface area contributed by atoms with Crippen molar-refractivity contribution in [1.29, 1.82) is 0 Å². The average molecular weight is 382 g/mol. The second-order valence-electron chi connectivity index (χ2n) is 6.63. The van der Waals surface area contributed by atoms with Crippen molar-refractivity contribution in [2.75, 3.05) is 13.1 Å². The normalized spacial score (nSPS) is 17.7. The fourth-order valence-corrected chi connectivity index (χ4v) is 3.68. The third-order valence-electron chi connectivity index (χ3n) is 4.78. The first-order valence-corrected chi connectivity index (χ1v) is 9.24. The van der Waals surface area contributed by atoms with Crippen molar-refractivity contribution < 1.29 is 4.79 Å². The minimum atomic E-state index is -0.434. The van der Waals surface area contributed by atoms with Crippen molar-refractivity contribution in [2.45, 2.75) is 19.5 Å². The lowest BCUT2D eigenvalue weighted by Crippen LogP contribution is -2.49. The third kappa shape index (κ3) is 3.59. The highest BCUT2D eigenvalue weighted by Crippen LogP contribution is 2.30. The molecule has 0 bridgehead atoms. The molecule has 3 aromatic rings. The molecular weight excluding hydrogens is 362 g/mol. The molecule has 2 heterocycles. The Morgan fingerprint density at radius 3 is 2.78 bits per heavy atom. The zero-order valence-electron chi connectivity index (χ0n) is 15.0. The number of carbonyl (C=O) groups excluding carboxylic acids is 1. The highest BCUT2D eigenvalue weighted by atomic mass is 35.5. The lowest BCUT2D eigenvalue weighted by atomic mass is 10.0. The minimum absolute atomic E-state index is 0.0411. The van der Waals surface area contributed by atoms with E-state index in [-0.39, 0.29) is 5.91 Å². The molecule has 0 spiro atoms. The molecule has 1 aromatic heterocycles. The van der Waals surface area contributed by atoms with E-state index in [0.29, 0.717) is 18.1 Å². The van der Waals surface area contributed by atoms with Gasteiger partial charge in [0.25, 0.3) is 0 Å². The Labute approximate surface area is 162 Å². The molecule has 0 aliphatic carbocycles. The maximum absolute atomic E-state index is 12.6. The van der Waals surface area contributed by atoms with Crippen molar-refractivity contribution in [2.24, 2.45) is 0 Å². The summed E-state index contributed by atoms with van der Waals surface area (Å²) in [4.78, 5) is 14.7. The summed E-state index contributed by atoms with van der Waals surface area (Å²) >= 11 is 6.35.